The lowest BCUT2D eigenvalue weighted by atomic mass is 10.1. The van der Waals surface area contributed by atoms with Crippen LogP contribution < -0.4 is 5.32 Å². The van der Waals surface area contributed by atoms with Gasteiger partial charge in [-0.1, -0.05) is 11.6 Å². The fraction of sp³-hybridized carbons (Fsp3) is 0.182. The summed E-state index contributed by atoms with van der Waals surface area (Å²) in [7, 11) is 1.67. The molecule has 2 heterocycles. The van der Waals surface area contributed by atoms with Crippen LogP contribution in [0, 0.1) is 0 Å². The van der Waals surface area contributed by atoms with E-state index in [0.717, 1.165) is 12.4 Å². The van der Waals surface area contributed by atoms with Gasteiger partial charge in [0.1, 0.15) is 5.82 Å². The van der Waals surface area contributed by atoms with Crippen molar-refractivity contribution in [3.63, 3.8) is 0 Å². The number of nitrogens with one attached hydrogen (secondary N) is 1. The summed E-state index contributed by atoms with van der Waals surface area (Å²) in [5.41, 5.74) is 0.895. The number of rotatable bonds is 2. The van der Waals surface area contributed by atoms with E-state index in [1.54, 1.807) is 13.1 Å². The quantitative estimate of drug-likeness (QED) is 0.921. The molecule has 0 saturated heterocycles. The second-order valence-electron chi connectivity index (χ2n) is 3.59. The first-order valence-corrected chi connectivity index (χ1v) is 5.52. The van der Waals surface area contributed by atoms with E-state index in [4.69, 9.17) is 11.6 Å². The predicted octanol–water partition coefficient (Wildman–Crippen LogP) is 3.25. The lowest BCUT2D eigenvalue weighted by Gasteiger charge is -2.08. The number of hydrogen-bond donors (Lipinski definition) is 1. The van der Waals surface area contributed by atoms with Crippen molar-refractivity contribution in [3.8, 4) is 11.1 Å². The lowest BCUT2D eigenvalue weighted by Crippen LogP contribution is -2.10. The maximum absolute atomic E-state index is 12.3. The first-order chi connectivity index (χ1) is 8.91. The second kappa shape index (κ2) is 5.00. The molecule has 0 unspecified atom stereocenters. The van der Waals surface area contributed by atoms with Crippen LogP contribution in [0.5, 0.6) is 0 Å². The molecule has 0 saturated carbocycles. The van der Waals surface area contributed by atoms with E-state index in [1.807, 2.05) is 0 Å². The van der Waals surface area contributed by atoms with Crippen molar-refractivity contribution in [1.82, 2.24) is 15.0 Å². The molecule has 0 spiro atoms. The Morgan fingerprint density at radius 2 is 1.74 bits per heavy atom. The van der Waals surface area contributed by atoms with Gasteiger partial charge in [0.15, 0.2) is 0 Å². The molecule has 100 valence electrons. The monoisotopic (exact) mass is 288 g/mol. The minimum atomic E-state index is -4.56. The summed E-state index contributed by atoms with van der Waals surface area (Å²) in [4.78, 5) is 10.6. The van der Waals surface area contributed by atoms with Crippen LogP contribution in [-0.4, -0.2) is 22.0 Å². The van der Waals surface area contributed by atoms with E-state index >= 15 is 0 Å². The molecule has 0 bridgehead atoms. The molecule has 0 radical (unpaired) electrons. The summed E-state index contributed by atoms with van der Waals surface area (Å²) in [5.74, 6) is -0.644. The van der Waals surface area contributed by atoms with Crippen LogP contribution in [0.3, 0.4) is 0 Å². The Morgan fingerprint density at radius 1 is 1.11 bits per heavy atom. The highest BCUT2D eigenvalue weighted by atomic mass is 35.5. The third-order valence-corrected chi connectivity index (χ3v) is 2.63. The van der Waals surface area contributed by atoms with Crippen molar-refractivity contribution in [3.05, 3.63) is 35.5 Å². The zero-order valence-electron chi connectivity index (χ0n) is 9.66. The zero-order valence-corrected chi connectivity index (χ0v) is 10.4. The van der Waals surface area contributed by atoms with E-state index in [1.165, 1.54) is 6.20 Å². The van der Waals surface area contributed by atoms with E-state index < -0.39 is 12.0 Å². The molecule has 19 heavy (non-hydrogen) atoms. The number of nitrogens with zero attached hydrogens (tertiary/aromatic N) is 3. The second-order valence-corrected chi connectivity index (χ2v) is 4.00. The highest BCUT2D eigenvalue weighted by Gasteiger charge is 2.34. The van der Waals surface area contributed by atoms with Crippen molar-refractivity contribution < 1.29 is 13.2 Å². The van der Waals surface area contributed by atoms with Gasteiger partial charge in [-0.05, 0) is 6.07 Å². The van der Waals surface area contributed by atoms with Gasteiger partial charge in [-0.3, -0.25) is 0 Å². The highest BCUT2D eigenvalue weighted by molar-refractivity contribution is 6.33. The molecule has 8 heteroatoms. The SMILES string of the molecule is CNc1cc(-c2cnc(C(F)(F)F)nc2)c(Cl)cn1. The maximum atomic E-state index is 12.3. The van der Waals surface area contributed by atoms with E-state index in [0.29, 0.717) is 22.0 Å². The first-order valence-electron chi connectivity index (χ1n) is 5.14. The van der Waals surface area contributed by atoms with Crippen molar-refractivity contribution in [2.45, 2.75) is 6.18 Å². The van der Waals surface area contributed by atoms with Crippen LogP contribution in [0.15, 0.2) is 24.7 Å². The molecule has 0 amide bonds. The average molecular weight is 289 g/mol. The van der Waals surface area contributed by atoms with Gasteiger partial charge < -0.3 is 5.32 Å². The molecule has 2 rings (SSSR count). The Hall–Kier alpha value is -1.89. The van der Waals surface area contributed by atoms with Gasteiger partial charge in [0.25, 0.3) is 0 Å². The largest absolute Gasteiger partial charge is 0.451 e. The van der Waals surface area contributed by atoms with Gasteiger partial charge in [0.2, 0.25) is 5.82 Å². The normalized spacial score (nSPS) is 11.4. The molecule has 0 aliphatic rings. The molecule has 1 N–H and O–H groups in total. The number of alkyl halides is 3. The lowest BCUT2D eigenvalue weighted by molar-refractivity contribution is -0.144. The third kappa shape index (κ3) is 2.93. The molecular weight excluding hydrogens is 281 g/mol. The smallest absolute Gasteiger partial charge is 0.373 e. The molecule has 0 aliphatic heterocycles. The number of anilines is 1. The van der Waals surface area contributed by atoms with Crippen LogP contribution in [0.25, 0.3) is 11.1 Å². The van der Waals surface area contributed by atoms with Crippen molar-refractivity contribution >= 4 is 17.4 Å². The van der Waals surface area contributed by atoms with Gasteiger partial charge in [0.05, 0.1) is 5.02 Å². The molecular formula is C11H8ClF3N4. The van der Waals surface area contributed by atoms with Crippen LogP contribution in [0.4, 0.5) is 19.0 Å². The van der Waals surface area contributed by atoms with Crippen molar-refractivity contribution in [2.75, 3.05) is 12.4 Å². The van der Waals surface area contributed by atoms with Gasteiger partial charge >= 0.3 is 6.18 Å². The third-order valence-electron chi connectivity index (χ3n) is 2.33. The van der Waals surface area contributed by atoms with E-state index in [2.05, 4.69) is 20.3 Å². The minimum Gasteiger partial charge on any atom is -0.373 e. The van der Waals surface area contributed by atoms with Crippen LogP contribution in [0.2, 0.25) is 5.02 Å². The Kier molecular flexibility index (Phi) is 3.57. The molecule has 2 aromatic rings. The topological polar surface area (TPSA) is 50.7 Å². The van der Waals surface area contributed by atoms with Crippen LogP contribution >= 0.6 is 11.6 Å². The fourth-order valence-electron chi connectivity index (χ4n) is 1.41. The summed E-state index contributed by atoms with van der Waals surface area (Å²) < 4.78 is 37.0. The Morgan fingerprint density at radius 3 is 2.26 bits per heavy atom. The zero-order chi connectivity index (χ0) is 14.0. The van der Waals surface area contributed by atoms with Gasteiger partial charge in [0, 0.05) is 36.8 Å². The predicted molar refractivity (Wildman–Crippen MR) is 64.8 cm³/mol. The fourth-order valence-corrected chi connectivity index (χ4v) is 1.62. The molecule has 0 aliphatic carbocycles. The van der Waals surface area contributed by atoms with Gasteiger partial charge in [-0.2, -0.15) is 13.2 Å². The number of hydrogen-bond acceptors (Lipinski definition) is 4. The number of aromatic nitrogens is 3. The summed E-state index contributed by atoms with van der Waals surface area (Å²) in [6.07, 6.45) is -0.996. The summed E-state index contributed by atoms with van der Waals surface area (Å²) in [6, 6.07) is 1.61. The Balaban J connectivity index is 2.42. The first kappa shape index (κ1) is 13.5. The van der Waals surface area contributed by atoms with E-state index in [9.17, 15) is 13.2 Å². The summed E-state index contributed by atoms with van der Waals surface area (Å²) >= 11 is 5.95. The summed E-state index contributed by atoms with van der Waals surface area (Å²) in [5, 5.41) is 3.12. The van der Waals surface area contributed by atoms with Gasteiger partial charge in [-0.15, -0.1) is 0 Å². The number of halogens is 4. The molecule has 0 fully saturated rings. The van der Waals surface area contributed by atoms with Crippen LogP contribution in [0.1, 0.15) is 5.82 Å². The maximum Gasteiger partial charge on any atom is 0.451 e. The molecule has 2 aromatic heterocycles. The Bertz CT molecular complexity index is 583. The van der Waals surface area contributed by atoms with Crippen molar-refractivity contribution in [1.29, 1.82) is 0 Å². The number of pyridine rings is 1. The minimum absolute atomic E-state index is 0.308. The Labute approximate surface area is 111 Å². The molecule has 0 atom stereocenters. The van der Waals surface area contributed by atoms with Crippen molar-refractivity contribution in [2.24, 2.45) is 0 Å². The van der Waals surface area contributed by atoms with Gasteiger partial charge in [-0.25, -0.2) is 15.0 Å². The highest BCUT2D eigenvalue weighted by Crippen LogP contribution is 2.30. The summed E-state index contributed by atoms with van der Waals surface area (Å²) in [6.45, 7) is 0. The standard InChI is InChI=1S/C11H8ClF3N4/c1-16-9-2-7(8(12)5-17-9)6-3-18-10(19-4-6)11(13,14)15/h2-5H,1H3,(H,16,17). The average Bonchev–Trinajstić information content (AvgIpc) is 2.38. The van der Waals surface area contributed by atoms with Crippen LogP contribution in [-0.2, 0) is 6.18 Å². The molecule has 0 aromatic carbocycles. The molecule has 4 nitrogen and oxygen atoms in total. The van der Waals surface area contributed by atoms with E-state index in [-0.39, 0.29) is 0 Å².